The number of aliphatic hydroxyl groups excluding tert-OH is 1. The van der Waals surface area contributed by atoms with Crippen LogP contribution in [0.15, 0.2) is 27.1 Å². The number of anilines is 1. The van der Waals surface area contributed by atoms with E-state index in [-0.39, 0.29) is 0 Å². The zero-order valence-electron chi connectivity index (χ0n) is 11.9. The van der Waals surface area contributed by atoms with Gasteiger partial charge in [0.15, 0.2) is 0 Å². The van der Waals surface area contributed by atoms with Crippen LogP contribution in [0.5, 0.6) is 0 Å². The van der Waals surface area contributed by atoms with E-state index in [1.165, 1.54) is 19.3 Å². The molecule has 0 aliphatic heterocycles. The third kappa shape index (κ3) is 7.07. The second-order valence-corrected chi connectivity index (χ2v) is 6.48. The maximum atomic E-state index is 9.88. The summed E-state index contributed by atoms with van der Waals surface area (Å²) < 4.78 is 7.42. The van der Waals surface area contributed by atoms with Gasteiger partial charge in [0.05, 0.1) is 18.4 Å². The fourth-order valence-corrected chi connectivity index (χ4v) is 3.07. The van der Waals surface area contributed by atoms with Gasteiger partial charge in [0, 0.05) is 22.1 Å². The van der Waals surface area contributed by atoms with Crippen LogP contribution in [0.2, 0.25) is 0 Å². The number of benzene rings is 1. The lowest BCUT2D eigenvalue weighted by molar-refractivity contribution is 0.0416. The van der Waals surface area contributed by atoms with Crippen molar-refractivity contribution in [3.05, 3.63) is 27.1 Å². The van der Waals surface area contributed by atoms with Crippen molar-refractivity contribution in [2.45, 2.75) is 38.7 Å². The first-order valence-electron chi connectivity index (χ1n) is 7.08. The summed E-state index contributed by atoms with van der Waals surface area (Å²) in [6.07, 6.45) is 4.26. The number of ether oxygens (including phenoxy) is 1. The minimum atomic E-state index is -0.500. The zero-order valence-corrected chi connectivity index (χ0v) is 15.0. The van der Waals surface area contributed by atoms with Crippen LogP contribution in [-0.2, 0) is 4.74 Å². The van der Waals surface area contributed by atoms with Crippen LogP contribution in [0.3, 0.4) is 0 Å². The first-order chi connectivity index (χ1) is 9.65. The van der Waals surface area contributed by atoms with E-state index in [9.17, 15) is 5.11 Å². The molecule has 0 radical (unpaired) electrons. The van der Waals surface area contributed by atoms with Crippen molar-refractivity contribution in [1.82, 2.24) is 0 Å². The van der Waals surface area contributed by atoms with Crippen LogP contribution >= 0.6 is 31.9 Å². The summed E-state index contributed by atoms with van der Waals surface area (Å²) in [5.74, 6) is 0. The molecule has 0 aliphatic carbocycles. The summed E-state index contributed by atoms with van der Waals surface area (Å²) in [4.78, 5) is 0. The van der Waals surface area contributed by atoms with Gasteiger partial charge in [-0.2, -0.15) is 0 Å². The normalized spacial score (nSPS) is 12.4. The SMILES string of the molecule is CCCCCCOCC(O)CNc1c(Br)cccc1Br. The highest BCUT2D eigenvalue weighted by molar-refractivity contribution is 9.11. The van der Waals surface area contributed by atoms with Gasteiger partial charge < -0.3 is 15.2 Å². The predicted molar refractivity (Wildman–Crippen MR) is 91.3 cm³/mol. The minimum Gasteiger partial charge on any atom is -0.389 e. The Bertz CT molecular complexity index is 368. The smallest absolute Gasteiger partial charge is 0.0945 e. The van der Waals surface area contributed by atoms with Gasteiger partial charge in [0.1, 0.15) is 0 Å². The summed E-state index contributed by atoms with van der Waals surface area (Å²) in [5, 5.41) is 13.1. The summed E-state index contributed by atoms with van der Waals surface area (Å²) in [5.41, 5.74) is 0.953. The molecule has 0 aromatic heterocycles. The van der Waals surface area contributed by atoms with E-state index >= 15 is 0 Å². The van der Waals surface area contributed by atoms with Crippen LogP contribution in [0.4, 0.5) is 5.69 Å². The molecule has 0 heterocycles. The molecule has 2 N–H and O–H groups in total. The van der Waals surface area contributed by atoms with E-state index in [0.29, 0.717) is 13.2 Å². The summed E-state index contributed by atoms with van der Waals surface area (Å²) in [6, 6.07) is 5.88. The number of nitrogens with one attached hydrogen (secondary N) is 1. The average molecular weight is 409 g/mol. The zero-order chi connectivity index (χ0) is 14.8. The molecule has 1 unspecified atom stereocenters. The third-order valence-electron chi connectivity index (χ3n) is 2.93. The molecule has 5 heteroatoms. The fraction of sp³-hybridized carbons (Fsp3) is 0.600. The van der Waals surface area contributed by atoms with Crippen molar-refractivity contribution in [1.29, 1.82) is 0 Å². The molecular weight excluding hydrogens is 386 g/mol. The van der Waals surface area contributed by atoms with E-state index in [4.69, 9.17) is 4.74 Å². The van der Waals surface area contributed by atoms with Gasteiger partial charge in [-0.25, -0.2) is 0 Å². The number of rotatable bonds is 10. The Morgan fingerprint density at radius 2 is 1.90 bits per heavy atom. The Morgan fingerprint density at radius 1 is 1.20 bits per heavy atom. The highest BCUT2D eigenvalue weighted by Gasteiger charge is 2.08. The van der Waals surface area contributed by atoms with Gasteiger partial charge in [-0.15, -0.1) is 0 Å². The van der Waals surface area contributed by atoms with E-state index < -0.39 is 6.10 Å². The number of halogens is 2. The Balaban J connectivity index is 2.18. The standard InChI is InChI=1S/C15H23Br2NO2/c1-2-3-4-5-9-20-11-12(19)10-18-15-13(16)7-6-8-14(15)17/h6-8,12,18-19H,2-5,9-11H2,1H3. The van der Waals surface area contributed by atoms with Crippen molar-refractivity contribution in [2.75, 3.05) is 25.1 Å². The third-order valence-corrected chi connectivity index (χ3v) is 4.25. The second kappa shape index (κ2) is 10.6. The molecule has 0 amide bonds. The van der Waals surface area contributed by atoms with Gasteiger partial charge in [-0.3, -0.25) is 0 Å². The molecule has 20 heavy (non-hydrogen) atoms. The fourth-order valence-electron chi connectivity index (χ4n) is 1.80. The van der Waals surface area contributed by atoms with E-state index in [1.54, 1.807) is 0 Å². The monoisotopic (exact) mass is 407 g/mol. The van der Waals surface area contributed by atoms with Crippen LogP contribution in [-0.4, -0.2) is 31.0 Å². The Kier molecular flexibility index (Phi) is 9.52. The molecule has 1 rings (SSSR count). The van der Waals surface area contributed by atoms with Crippen molar-refractivity contribution < 1.29 is 9.84 Å². The van der Waals surface area contributed by atoms with Crippen molar-refractivity contribution >= 4 is 37.5 Å². The Morgan fingerprint density at radius 3 is 2.55 bits per heavy atom. The summed E-state index contributed by atoms with van der Waals surface area (Å²) in [7, 11) is 0. The van der Waals surface area contributed by atoms with Crippen molar-refractivity contribution in [3.8, 4) is 0 Å². The van der Waals surface area contributed by atoms with Crippen molar-refractivity contribution in [2.24, 2.45) is 0 Å². The predicted octanol–water partition coefficient (Wildman–Crippen LogP) is 4.58. The van der Waals surface area contributed by atoms with Gasteiger partial charge in [0.25, 0.3) is 0 Å². The number of hydrogen-bond acceptors (Lipinski definition) is 3. The van der Waals surface area contributed by atoms with Gasteiger partial charge >= 0.3 is 0 Å². The van der Waals surface area contributed by atoms with Gasteiger partial charge in [-0.1, -0.05) is 32.3 Å². The molecule has 0 saturated heterocycles. The lowest BCUT2D eigenvalue weighted by Crippen LogP contribution is -2.25. The number of para-hydroxylation sites is 1. The lowest BCUT2D eigenvalue weighted by Gasteiger charge is -2.15. The largest absolute Gasteiger partial charge is 0.389 e. The quantitative estimate of drug-likeness (QED) is 0.556. The maximum Gasteiger partial charge on any atom is 0.0945 e. The number of hydrogen-bond donors (Lipinski definition) is 2. The van der Waals surface area contributed by atoms with Gasteiger partial charge in [0.2, 0.25) is 0 Å². The Hall–Kier alpha value is -0.100. The molecule has 1 atom stereocenters. The molecule has 1 aromatic rings. The molecule has 0 bridgehead atoms. The van der Waals surface area contributed by atoms with Crippen molar-refractivity contribution in [3.63, 3.8) is 0 Å². The number of aliphatic hydroxyl groups is 1. The topological polar surface area (TPSA) is 41.5 Å². The van der Waals surface area contributed by atoms with Crippen LogP contribution < -0.4 is 5.32 Å². The highest BCUT2D eigenvalue weighted by atomic mass is 79.9. The molecule has 0 aliphatic rings. The number of unbranched alkanes of at least 4 members (excludes halogenated alkanes) is 3. The van der Waals surface area contributed by atoms with Crippen LogP contribution in [0, 0.1) is 0 Å². The van der Waals surface area contributed by atoms with E-state index in [0.717, 1.165) is 27.7 Å². The molecule has 1 aromatic carbocycles. The molecule has 114 valence electrons. The lowest BCUT2D eigenvalue weighted by atomic mass is 10.2. The van der Waals surface area contributed by atoms with Gasteiger partial charge in [-0.05, 0) is 50.4 Å². The summed E-state index contributed by atoms with van der Waals surface area (Å²) >= 11 is 6.96. The minimum absolute atomic E-state index is 0.376. The van der Waals surface area contributed by atoms with Crippen LogP contribution in [0.25, 0.3) is 0 Å². The summed E-state index contributed by atoms with van der Waals surface area (Å²) in [6.45, 7) is 3.77. The molecular formula is C15H23Br2NO2. The van der Waals surface area contributed by atoms with E-state index in [2.05, 4.69) is 44.1 Å². The average Bonchev–Trinajstić information content (AvgIpc) is 2.42. The highest BCUT2D eigenvalue weighted by Crippen LogP contribution is 2.30. The van der Waals surface area contributed by atoms with E-state index in [1.807, 2.05) is 18.2 Å². The molecule has 3 nitrogen and oxygen atoms in total. The first-order valence-corrected chi connectivity index (χ1v) is 8.67. The molecule has 0 saturated carbocycles. The van der Waals surface area contributed by atoms with Crippen LogP contribution in [0.1, 0.15) is 32.6 Å². The Labute approximate surface area is 138 Å². The maximum absolute atomic E-state index is 9.88. The molecule has 0 spiro atoms. The second-order valence-electron chi connectivity index (χ2n) is 4.77. The molecule has 0 fully saturated rings. The first kappa shape index (κ1) is 18.0.